The molecule has 1 fully saturated rings. The van der Waals surface area contributed by atoms with Crippen molar-refractivity contribution in [3.05, 3.63) is 40.4 Å². The molecule has 1 amide bonds. The van der Waals surface area contributed by atoms with Gasteiger partial charge in [-0.05, 0) is 37.0 Å². The van der Waals surface area contributed by atoms with Crippen LogP contribution >= 0.6 is 11.6 Å². The van der Waals surface area contributed by atoms with Crippen molar-refractivity contribution in [2.45, 2.75) is 19.3 Å². The molecule has 0 aliphatic carbocycles. The topological polar surface area (TPSA) is 44.1 Å². The number of rotatable bonds is 2. The number of nitrogens with zero attached hydrogens (tertiary/aromatic N) is 2. The second kappa shape index (κ2) is 6.40. The van der Waals surface area contributed by atoms with E-state index in [0.29, 0.717) is 10.6 Å². The normalized spacial score (nSPS) is 16.0. The van der Waals surface area contributed by atoms with E-state index in [4.69, 9.17) is 11.6 Å². The van der Waals surface area contributed by atoms with Gasteiger partial charge in [-0.3, -0.25) is 4.79 Å². The largest absolute Gasteiger partial charge is 0.338 e. The maximum atomic E-state index is 12.2. The number of hydrogen-bond donors (Lipinski definition) is 0. The fraction of sp³-hybridized carbons (Fsp3) is 0.333. The fourth-order valence-electron chi connectivity index (χ4n) is 2.16. The third-order valence-corrected chi connectivity index (χ3v) is 3.54. The molecule has 1 aliphatic rings. The highest BCUT2D eigenvalue weighted by Gasteiger charge is 2.20. The lowest BCUT2D eigenvalue weighted by Gasteiger charge is -2.26. The van der Waals surface area contributed by atoms with Gasteiger partial charge in [-0.2, -0.15) is 5.26 Å². The molecule has 4 heteroatoms. The molecule has 1 heterocycles. The first kappa shape index (κ1) is 13.6. The van der Waals surface area contributed by atoms with E-state index in [1.165, 1.54) is 0 Å². The molecule has 0 N–H and O–H groups in total. The standard InChI is InChI=1S/C15H15ClN2O/c16-14-7-3-2-6-12(14)10-13(11-17)15(19)18-8-4-1-5-9-18/h2-3,6-7,10H,1,4-5,8-9H2/b13-10+. The van der Waals surface area contributed by atoms with Crippen molar-refractivity contribution in [1.29, 1.82) is 5.26 Å². The number of likely N-dealkylation sites (tertiary alicyclic amines) is 1. The van der Waals surface area contributed by atoms with Crippen LogP contribution < -0.4 is 0 Å². The average Bonchev–Trinajstić information content (AvgIpc) is 2.47. The molecule has 1 aromatic rings. The maximum absolute atomic E-state index is 12.2. The van der Waals surface area contributed by atoms with E-state index in [1.807, 2.05) is 18.2 Å². The van der Waals surface area contributed by atoms with Gasteiger partial charge in [0.2, 0.25) is 0 Å². The molecule has 0 unspecified atom stereocenters. The van der Waals surface area contributed by atoms with Crippen molar-refractivity contribution in [1.82, 2.24) is 4.90 Å². The van der Waals surface area contributed by atoms with Crippen LogP contribution in [0.1, 0.15) is 24.8 Å². The van der Waals surface area contributed by atoms with Crippen molar-refractivity contribution in [2.75, 3.05) is 13.1 Å². The Bertz CT molecular complexity index is 539. The van der Waals surface area contributed by atoms with Crippen LogP contribution in [0.15, 0.2) is 29.8 Å². The Labute approximate surface area is 118 Å². The van der Waals surface area contributed by atoms with Gasteiger partial charge in [0.15, 0.2) is 0 Å². The van der Waals surface area contributed by atoms with Crippen LogP contribution in [-0.4, -0.2) is 23.9 Å². The van der Waals surface area contributed by atoms with Gasteiger partial charge in [0.1, 0.15) is 11.6 Å². The molecular formula is C15H15ClN2O. The SMILES string of the molecule is N#C/C(=C\c1ccccc1Cl)C(=O)N1CCCCC1. The Kier molecular flexibility index (Phi) is 4.59. The summed E-state index contributed by atoms with van der Waals surface area (Å²) in [5.41, 5.74) is 0.848. The smallest absolute Gasteiger partial charge is 0.264 e. The molecule has 0 saturated carbocycles. The Morgan fingerprint density at radius 3 is 2.58 bits per heavy atom. The molecule has 1 saturated heterocycles. The second-order valence-corrected chi connectivity index (χ2v) is 4.95. The lowest BCUT2D eigenvalue weighted by atomic mass is 10.1. The summed E-state index contributed by atoms with van der Waals surface area (Å²) < 4.78 is 0. The van der Waals surface area contributed by atoms with Crippen molar-refractivity contribution in [2.24, 2.45) is 0 Å². The minimum Gasteiger partial charge on any atom is -0.338 e. The molecule has 3 nitrogen and oxygen atoms in total. The highest BCUT2D eigenvalue weighted by Crippen LogP contribution is 2.19. The molecule has 0 aromatic heterocycles. The number of halogens is 1. The monoisotopic (exact) mass is 274 g/mol. The van der Waals surface area contributed by atoms with Crippen LogP contribution in [0.25, 0.3) is 6.08 Å². The summed E-state index contributed by atoms with van der Waals surface area (Å²) in [5.74, 6) is -0.192. The molecule has 1 aromatic carbocycles. The van der Waals surface area contributed by atoms with Crippen LogP contribution in [0, 0.1) is 11.3 Å². The second-order valence-electron chi connectivity index (χ2n) is 4.54. The minimum atomic E-state index is -0.192. The van der Waals surface area contributed by atoms with Crippen LogP contribution in [0.2, 0.25) is 5.02 Å². The van der Waals surface area contributed by atoms with E-state index in [0.717, 1.165) is 32.4 Å². The number of nitriles is 1. The van der Waals surface area contributed by atoms with Gasteiger partial charge in [0.25, 0.3) is 5.91 Å². The summed E-state index contributed by atoms with van der Waals surface area (Å²) in [7, 11) is 0. The number of carbonyl (C=O) groups excluding carboxylic acids is 1. The molecule has 0 spiro atoms. The Morgan fingerprint density at radius 2 is 1.95 bits per heavy atom. The van der Waals surface area contributed by atoms with Crippen molar-refractivity contribution >= 4 is 23.6 Å². The number of carbonyl (C=O) groups is 1. The molecule has 2 rings (SSSR count). The van der Waals surface area contributed by atoms with Crippen LogP contribution in [-0.2, 0) is 4.79 Å². The summed E-state index contributed by atoms with van der Waals surface area (Å²) >= 11 is 6.04. The number of piperidine rings is 1. The van der Waals surface area contributed by atoms with E-state index in [2.05, 4.69) is 0 Å². The van der Waals surface area contributed by atoms with Gasteiger partial charge >= 0.3 is 0 Å². The van der Waals surface area contributed by atoms with Crippen LogP contribution in [0.4, 0.5) is 0 Å². The summed E-state index contributed by atoms with van der Waals surface area (Å²) in [4.78, 5) is 14.0. The first-order chi connectivity index (χ1) is 9.22. The summed E-state index contributed by atoms with van der Waals surface area (Å²) in [6.45, 7) is 1.47. The van der Waals surface area contributed by atoms with Gasteiger partial charge in [0.05, 0.1) is 0 Å². The van der Waals surface area contributed by atoms with E-state index in [9.17, 15) is 10.1 Å². The van der Waals surface area contributed by atoms with Gasteiger partial charge in [-0.25, -0.2) is 0 Å². The first-order valence-electron chi connectivity index (χ1n) is 6.38. The molecule has 1 aliphatic heterocycles. The Morgan fingerprint density at radius 1 is 1.26 bits per heavy atom. The van der Waals surface area contributed by atoms with Gasteiger partial charge in [0, 0.05) is 18.1 Å². The van der Waals surface area contributed by atoms with Crippen LogP contribution in [0.5, 0.6) is 0 Å². The first-order valence-corrected chi connectivity index (χ1v) is 6.76. The average molecular weight is 275 g/mol. The molecule has 0 atom stereocenters. The third-order valence-electron chi connectivity index (χ3n) is 3.20. The summed E-state index contributed by atoms with van der Waals surface area (Å²) in [5, 5.41) is 9.71. The zero-order valence-electron chi connectivity index (χ0n) is 10.6. The summed E-state index contributed by atoms with van der Waals surface area (Å²) in [6.07, 6.45) is 4.74. The fourth-order valence-corrected chi connectivity index (χ4v) is 2.35. The molecule has 19 heavy (non-hydrogen) atoms. The third kappa shape index (κ3) is 3.36. The number of hydrogen-bond acceptors (Lipinski definition) is 2. The summed E-state index contributed by atoms with van der Waals surface area (Å²) in [6, 6.07) is 9.17. The lowest BCUT2D eigenvalue weighted by molar-refractivity contribution is -0.127. The quantitative estimate of drug-likeness (QED) is 0.614. The molecule has 98 valence electrons. The van der Waals surface area contributed by atoms with Crippen molar-refractivity contribution < 1.29 is 4.79 Å². The minimum absolute atomic E-state index is 0.148. The molecular weight excluding hydrogens is 260 g/mol. The number of benzene rings is 1. The lowest BCUT2D eigenvalue weighted by Crippen LogP contribution is -2.36. The van der Waals surface area contributed by atoms with Gasteiger partial charge < -0.3 is 4.90 Å². The van der Waals surface area contributed by atoms with E-state index >= 15 is 0 Å². The zero-order valence-corrected chi connectivity index (χ0v) is 11.4. The van der Waals surface area contributed by atoms with Crippen molar-refractivity contribution in [3.63, 3.8) is 0 Å². The maximum Gasteiger partial charge on any atom is 0.264 e. The van der Waals surface area contributed by atoms with Crippen molar-refractivity contribution in [3.8, 4) is 6.07 Å². The Balaban J connectivity index is 2.22. The van der Waals surface area contributed by atoms with Gasteiger partial charge in [-0.15, -0.1) is 0 Å². The number of amides is 1. The van der Waals surface area contributed by atoms with E-state index < -0.39 is 0 Å². The van der Waals surface area contributed by atoms with Gasteiger partial charge in [-0.1, -0.05) is 29.8 Å². The predicted molar refractivity (Wildman–Crippen MR) is 75.5 cm³/mol. The Hall–Kier alpha value is -1.79. The highest BCUT2D eigenvalue weighted by molar-refractivity contribution is 6.32. The highest BCUT2D eigenvalue weighted by atomic mass is 35.5. The van der Waals surface area contributed by atoms with E-state index in [1.54, 1.807) is 23.1 Å². The molecule has 0 radical (unpaired) electrons. The van der Waals surface area contributed by atoms with Crippen LogP contribution in [0.3, 0.4) is 0 Å². The zero-order chi connectivity index (χ0) is 13.7. The predicted octanol–water partition coefficient (Wildman–Crippen LogP) is 3.26. The molecule has 0 bridgehead atoms. The van der Waals surface area contributed by atoms with E-state index in [-0.39, 0.29) is 11.5 Å².